The van der Waals surface area contributed by atoms with Gasteiger partial charge in [0.1, 0.15) is 19.3 Å². The van der Waals surface area contributed by atoms with Gasteiger partial charge in [-0.1, -0.05) is 6.07 Å². The highest BCUT2D eigenvalue weighted by atomic mass is 16.6. The predicted octanol–water partition coefficient (Wildman–Crippen LogP) is 2.13. The summed E-state index contributed by atoms with van der Waals surface area (Å²) in [7, 11) is 0. The Labute approximate surface area is 98.4 Å². The molecule has 1 aliphatic heterocycles. The Balaban J connectivity index is 1.93. The van der Waals surface area contributed by atoms with Crippen molar-refractivity contribution < 1.29 is 19.0 Å². The lowest BCUT2D eigenvalue weighted by Crippen LogP contribution is -2.15. The zero-order valence-electron chi connectivity index (χ0n) is 9.13. The number of hydrogen-bond donors (Lipinski definition) is 1. The van der Waals surface area contributed by atoms with Crippen molar-refractivity contribution in [1.29, 1.82) is 0 Å². The lowest BCUT2D eigenvalue weighted by Gasteiger charge is -2.19. The molecule has 0 fully saturated rings. The molecule has 1 N–H and O–H groups in total. The second-order valence-corrected chi connectivity index (χ2v) is 3.86. The molecule has 0 saturated heterocycles. The molecule has 1 aliphatic rings. The molecule has 88 valence electrons. The van der Waals surface area contributed by atoms with E-state index in [4.69, 9.17) is 13.9 Å². The Morgan fingerprint density at radius 2 is 1.82 bits per heavy atom. The van der Waals surface area contributed by atoms with Gasteiger partial charge in [0.15, 0.2) is 11.5 Å². The van der Waals surface area contributed by atoms with E-state index in [0.717, 1.165) is 16.9 Å². The fourth-order valence-corrected chi connectivity index (χ4v) is 1.85. The van der Waals surface area contributed by atoms with E-state index < -0.39 is 6.10 Å². The molecule has 4 heteroatoms. The maximum atomic E-state index is 10.1. The lowest BCUT2D eigenvalue weighted by molar-refractivity contribution is 0.169. The minimum Gasteiger partial charge on any atom is -0.486 e. The van der Waals surface area contributed by atoms with Crippen LogP contribution in [0.5, 0.6) is 11.5 Å². The third kappa shape index (κ3) is 1.87. The summed E-state index contributed by atoms with van der Waals surface area (Å²) < 4.78 is 15.8. The number of benzene rings is 1. The maximum absolute atomic E-state index is 10.1. The molecule has 1 aromatic heterocycles. The molecule has 4 nitrogen and oxygen atoms in total. The maximum Gasteiger partial charge on any atom is 0.161 e. The molecule has 17 heavy (non-hydrogen) atoms. The fourth-order valence-electron chi connectivity index (χ4n) is 1.85. The highest BCUT2D eigenvalue weighted by molar-refractivity contribution is 5.45. The van der Waals surface area contributed by atoms with Crippen LogP contribution in [0.4, 0.5) is 0 Å². The van der Waals surface area contributed by atoms with Crippen molar-refractivity contribution in [2.24, 2.45) is 0 Å². The molecule has 0 radical (unpaired) electrons. The Morgan fingerprint density at radius 3 is 2.59 bits per heavy atom. The zero-order chi connectivity index (χ0) is 11.7. The van der Waals surface area contributed by atoms with Crippen molar-refractivity contribution in [3.63, 3.8) is 0 Å². The standard InChI is InChI=1S/C13H12O4/c14-13(10-3-4-15-8-10)9-1-2-11-12(7-9)17-6-5-16-11/h1-4,7-8,13-14H,5-6H2. The average Bonchev–Trinajstić information content (AvgIpc) is 2.91. The van der Waals surface area contributed by atoms with E-state index in [9.17, 15) is 5.11 Å². The Morgan fingerprint density at radius 1 is 1.00 bits per heavy atom. The van der Waals surface area contributed by atoms with Crippen LogP contribution >= 0.6 is 0 Å². The van der Waals surface area contributed by atoms with Gasteiger partial charge in [0.25, 0.3) is 0 Å². The number of hydrogen-bond acceptors (Lipinski definition) is 4. The summed E-state index contributed by atoms with van der Waals surface area (Å²) in [4.78, 5) is 0. The Hall–Kier alpha value is -1.94. The van der Waals surface area contributed by atoms with E-state index in [2.05, 4.69) is 0 Å². The minimum absolute atomic E-state index is 0.540. The summed E-state index contributed by atoms with van der Waals surface area (Å²) >= 11 is 0. The van der Waals surface area contributed by atoms with Gasteiger partial charge in [0.05, 0.1) is 12.5 Å². The summed E-state index contributed by atoms with van der Waals surface area (Å²) in [5.74, 6) is 1.40. The van der Waals surface area contributed by atoms with Crippen LogP contribution in [0.15, 0.2) is 41.2 Å². The fraction of sp³-hybridized carbons (Fsp3) is 0.231. The van der Waals surface area contributed by atoms with Gasteiger partial charge in [0.2, 0.25) is 0 Å². The molecule has 1 aromatic carbocycles. The van der Waals surface area contributed by atoms with Gasteiger partial charge in [0, 0.05) is 5.56 Å². The molecular weight excluding hydrogens is 220 g/mol. The largest absolute Gasteiger partial charge is 0.486 e. The number of fused-ring (bicyclic) bond motifs is 1. The van der Waals surface area contributed by atoms with E-state index in [1.165, 1.54) is 12.5 Å². The van der Waals surface area contributed by atoms with Crippen LogP contribution in [-0.4, -0.2) is 18.3 Å². The van der Waals surface area contributed by atoms with E-state index >= 15 is 0 Å². The van der Waals surface area contributed by atoms with E-state index in [1.54, 1.807) is 12.1 Å². The summed E-state index contributed by atoms with van der Waals surface area (Å²) in [6.07, 6.45) is 2.36. The Kier molecular flexibility index (Phi) is 2.49. The van der Waals surface area contributed by atoms with Crippen LogP contribution in [0.3, 0.4) is 0 Å². The van der Waals surface area contributed by atoms with Gasteiger partial charge in [-0.15, -0.1) is 0 Å². The SMILES string of the molecule is OC(c1ccoc1)c1ccc2c(c1)OCCO2. The molecule has 0 bridgehead atoms. The summed E-state index contributed by atoms with van der Waals surface area (Å²) in [5.41, 5.74) is 1.48. The monoisotopic (exact) mass is 232 g/mol. The molecule has 1 atom stereocenters. The molecule has 0 aliphatic carbocycles. The molecular formula is C13H12O4. The van der Waals surface area contributed by atoms with Gasteiger partial charge in [-0.05, 0) is 23.8 Å². The quantitative estimate of drug-likeness (QED) is 0.861. The predicted molar refractivity (Wildman–Crippen MR) is 60.2 cm³/mol. The molecule has 2 heterocycles. The minimum atomic E-state index is -0.704. The van der Waals surface area contributed by atoms with Gasteiger partial charge >= 0.3 is 0 Å². The molecule has 0 amide bonds. The van der Waals surface area contributed by atoms with Gasteiger partial charge in [-0.25, -0.2) is 0 Å². The van der Waals surface area contributed by atoms with Gasteiger partial charge in [-0.2, -0.15) is 0 Å². The normalized spacial score (nSPS) is 15.6. The zero-order valence-corrected chi connectivity index (χ0v) is 9.13. The van der Waals surface area contributed by atoms with Crippen molar-refractivity contribution in [2.45, 2.75) is 6.10 Å². The average molecular weight is 232 g/mol. The van der Waals surface area contributed by atoms with Crippen LogP contribution in [0.1, 0.15) is 17.2 Å². The van der Waals surface area contributed by atoms with E-state index in [1.807, 2.05) is 12.1 Å². The van der Waals surface area contributed by atoms with Crippen molar-refractivity contribution in [2.75, 3.05) is 13.2 Å². The van der Waals surface area contributed by atoms with Crippen molar-refractivity contribution in [1.82, 2.24) is 0 Å². The van der Waals surface area contributed by atoms with E-state index in [0.29, 0.717) is 19.0 Å². The summed E-state index contributed by atoms with van der Waals surface area (Å²) in [6.45, 7) is 1.11. The second kappa shape index (κ2) is 4.14. The lowest BCUT2D eigenvalue weighted by atomic mass is 10.0. The highest BCUT2D eigenvalue weighted by Crippen LogP contribution is 2.34. The number of aliphatic hydroxyl groups is 1. The smallest absolute Gasteiger partial charge is 0.161 e. The number of aliphatic hydroxyl groups excluding tert-OH is 1. The third-order valence-electron chi connectivity index (χ3n) is 2.74. The first-order valence-corrected chi connectivity index (χ1v) is 5.44. The first-order valence-electron chi connectivity index (χ1n) is 5.44. The van der Waals surface area contributed by atoms with Crippen molar-refractivity contribution in [3.8, 4) is 11.5 Å². The first kappa shape index (κ1) is 10.2. The van der Waals surface area contributed by atoms with Crippen LogP contribution < -0.4 is 9.47 Å². The van der Waals surface area contributed by atoms with Gasteiger partial charge in [-0.3, -0.25) is 0 Å². The molecule has 0 spiro atoms. The number of rotatable bonds is 2. The summed E-state index contributed by atoms with van der Waals surface area (Å²) in [5, 5.41) is 10.1. The molecule has 3 rings (SSSR count). The number of furan rings is 1. The van der Waals surface area contributed by atoms with Crippen molar-refractivity contribution >= 4 is 0 Å². The van der Waals surface area contributed by atoms with Crippen LogP contribution in [0, 0.1) is 0 Å². The molecule has 2 aromatic rings. The van der Waals surface area contributed by atoms with E-state index in [-0.39, 0.29) is 0 Å². The van der Waals surface area contributed by atoms with Crippen LogP contribution in [0.2, 0.25) is 0 Å². The second-order valence-electron chi connectivity index (χ2n) is 3.86. The van der Waals surface area contributed by atoms with Crippen LogP contribution in [0.25, 0.3) is 0 Å². The van der Waals surface area contributed by atoms with Crippen LogP contribution in [-0.2, 0) is 0 Å². The molecule has 1 unspecified atom stereocenters. The highest BCUT2D eigenvalue weighted by Gasteiger charge is 2.17. The summed E-state index contributed by atoms with van der Waals surface area (Å²) in [6, 6.07) is 7.17. The third-order valence-corrected chi connectivity index (χ3v) is 2.74. The molecule has 0 saturated carbocycles. The number of ether oxygens (including phenoxy) is 2. The Bertz CT molecular complexity index is 504. The first-order chi connectivity index (χ1) is 8.34. The van der Waals surface area contributed by atoms with Crippen molar-refractivity contribution in [3.05, 3.63) is 47.9 Å². The topological polar surface area (TPSA) is 51.8 Å². The van der Waals surface area contributed by atoms with Gasteiger partial charge < -0.3 is 19.0 Å².